The Morgan fingerprint density at radius 3 is 2.44 bits per heavy atom. The number of hydrogen-bond acceptors (Lipinski definition) is 4. The summed E-state index contributed by atoms with van der Waals surface area (Å²) in [7, 11) is 1.91. The van der Waals surface area contributed by atoms with E-state index >= 15 is 0 Å². The second kappa shape index (κ2) is 5.25. The number of rotatable bonds is 4. The third kappa shape index (κ3) is 3.34. The Balaban J connectivity index is 2.79. The molecule has 0 aliphatic carbocycles. The van der Waals surface area contributed by atoms with Gasteiger partial charge in [0.1, 0.15) is 0 Å². The molecular weight excluding hydrogens is 206 g/mol. The number of hydrogen-bond donors (Lipinski definition) is 1. The smallest absolute Gasteiger partial charge is 0.328 e. The van der Waals surface area contributed by atoms with Gasteiger partial charge in [-0.15, -0.1) is 0 Å². The molecule has 0 unspecified atom stereocenters. The largest absolute Gasteiger partial charge is 0.478 e. The number of aromatic nitrogens is 2. The van der Waals surface area contributed by atoms with Crippen molar-refractivity contribution in [3.63, 3.8) is 0 Å². The Hall–Kier alpha value is -1.91. The van der Waals surface area contributed by atoms with Crippen LogP contribution in [0.5, 0.6) is 0 Å². The molecule has 0 saturated carbocycles. The molecule has 0 fully saturated rings. The summed E-state index contributed by atoms with van der Waals surface area (Å²) in [5.41, 5.74) is 0.670. The van der Waals surface area contributed by atoms with Gasteiger partial charge in [-0.1, -0.05) is 0 Å². The van der Waals surface area contributed by atoms with Crippen LogP contribution in [0.2, 0.25) is 0 Å². The third-order valence-electron chi connectivity index (χ3n) is 2.17. The first kappa shape index (κ1) is 12.2. The predicted molar refractivity (Wildman–Crippen MR) is 62.2 cm³/mol. The van der Waals surface area contributed by atoms with Crippen LogP contribution in [0.4, 0.5) is 5.95 Å². The lowest BCUT2D eigenvalue weighted by Gasteiger charge is -2.20. The maximum absolute atomic E-state index is 10.3. The predicted octanol–water partition coefficient (Wildman–Crippen LogP) is 1.42. The quantitative estimate of drug-likeness (QED) is 0.779. The summed E-state index contributed by atoms with van der Waals surface area (Å²) in [6.07, 6.45) is 5.72. The van der Waals surface area contributed by atoms with E-state index in [0.717, 1.165) is 6.08 Å². The fourth-order valence-corrected chi connectivity index (χ4v) is 0.998. The van der Waals surface area contributed by atoms with Gasteiger partial charge < -0.3 is 10.0 Å². The Bertz CT molecular complexity index is 385. The van der Waals surface area contributed by atoms with Gasteiger partial charge >= 0.3 is 5.97 Å². The molecule has 1 aromatic heterocycles. The molecule has 16 heavy (non-hydrogen) atoms. The van der Waals surface area contributed by atoms with Crippen molar-refractivity contribution >= 4 is 18.0 Å². The first-order chi connectivity index (χ1) is 7.50. The SMILES string of the molecule is CC(C)N(C)c1ncc(/C=C/C(=O)O)cn1. The van der Waals surface area contributed by atoms with Crippen LogP contribution in [-0.4, -0.2) is 34.1 Å². The number of carbonyl (C=O) groups is 1. The molecule has 1 N–H and O–H groups in total. The molecule has 86 valence electrons. The molecule has 5 heteroatoms. The van der Waals surface area contributed by atoms with Crippen LogP contribution in [0.3, 0.4) is 0 Å². The van der Waals surface area contributed by atoms with E-state index in [1.807, 2.05) is 25.8 Å². The molecule has 1 rings (SSSR count). The van der Waals surface area contributed by atoms with Crippen LogP contribution in [-0.2, 0) is 4.79 Å². The summed E-state index contributed by atoms with van der Waals surface area (Å²) in [6.45, 7) is 4.09. The van der Waals surface area contributed by atoms with Crippen molar-refractivity contribution in [3.8, 4) is 0 Å². The average molecular weight is 221 g/mol. The van der Waals surface area contributed by atoms with E-state index in [0.29, 0.717) is 17.6 Å². The molecule has 0 radical (unpaired) electrons. The Morgan fingerprint density at radius 1 is 1.44 bits per heavy atom. The number of anilines is 1. The molecule has 0 saturated heterocycles. The highest BCUT2D eigenvalue weighted by molar-refractivity contribution is 5.85. The average Bonchev–Trinajstić information content (AvgIpc) is 2.26. The van der Waals surface area contributed by atoms with Gasteiger partial charge in [-0.05, 0) is 19.9 Å². The van der Waals surface area contributed by atoms with Crippen LogP contribution >= 0.6 is 0 Å². The molecule has 0 spiro atoms. The molecular formula is C11H15N3O2. The van der Waals surface area contributed by atoms with E-state index in [1.165, 1.54) is 6.08 Å². The van der Waals surface area contributed by atoms with Crippen molar-refractivity contribution in [2.45, 2.75) is 19.9 Å². The molecule has 0 amide bonds. The Kier molecular flexibility index (Phi) is 3.99. The van der Waals surface area contributed by atoms with Gasteiger partial charge in [-0.3, -0.25) is 0 Å². The van der Waals surface area contributed by atoms with E-state index < -0.39 is 5.97 Å². The summed E-state index contributed by atoms with van der Waals surface area (Å²) in [6, 6.07) is 0.320. The summed E-state index contributed by atoms with van der Waals surface area (Å²) in [4.78, 5) is 20.5. The summed E-state index contributed by atoms with van der Waals surface area (Å²) < 4.78 is 0. The fraction of sp³-hybridized carbons (Fsp3) is 0.364. The first-order valence-electron chi connectivity index (χ1n) is 4.96. The molecule has 0 aliphatic rings. The van der Waals surface area contributed by atoms with Gasteiger partial charge in [-0.2, -0.15) is 0 Å². The maximum atomic E-state index is 10.3. The topological polar surface area (TPSA) is 66.3 Å². The minimum absolute atomic E-state index is 0.320. The van der Waals surface area contributed by atoms with E-state index in [1.54, 1.807) is 12.4 Å². The molecule has 5 nitrogen and oxygen atoms in total. The van der Waals surface area contributed by atoms with E-state index in [4.69, 9.17) is 5.11 Å². The maximum Gasteiger partial charge on any atom is 0.328 e. The normalized spacial score (nSPS) is 11.0. The minimum Gasteiger partial charge on any atom is -0.478 e. The fourth-order valence-electron chi connectivity index (χ4n) is 0.998. The van der Waals surface area contributed by atoms with Gasteiger partial charge in [0.05, 0.1) is 0 Å². The monoisotopic (exact) mass is 221 g/mol. The van der Waals surface area contributed by atoms with E-state index in [2.05, 4.69) is 9.97 Å². The van der Waals surface area contributed by atoms with Crippen LogP contribution in [0.1, 0.15) is 19.4 Å². The summed E-state index contributed by atoms with van der Waals surface area (Å²) in [5, 5.41) is 8.45. The van der Waals surface area contributed by atoms with Gasteiger partial charge in [0.2, 0.25) is 5.95 Å². The molecule has 1 heterocycles. The molecule has 0 atom stereocenters. The highest BCUT2D eigenvalue weighted by atomic mass is 16.4. The standard InChI is InChI=1S/C11H15N3O2/c1-8(2)14(3)11-12-6-9(7-13-11)4-5-10(15)16/h4-8H,1-3H3,(H,15,16)/b5-4+. The van der Waals surface area contributed by atoms with Crippen molar-refractivity contribution in [1.29, 1.82) is 0 Å². The molecule has 0 bridgehead atoms. The highest BCUT2D eigenvalue weighted by Crippen LogP contribution is 2.08. The molecule has 1 aromatic rings. The lowest BCUT2D eigenvalue weighted by molar-refractivity contribution is -0.131. The first-order valence-corrected chi connectivity index (χ1v) is 4.96. The highest BCUT2D eigenvalue weighted by Gasteiger charge is 2.06. The van der Waals surface area contributed by atoms with Crippen molar-refractivity contribution in [2.24, 2.45) is 0 Å². The van der Waals surface area contributed by atoms with E-state index in [9.17, 15) is 4.79 Å². The zero-order chi connectivity index (χ0) is 12.1. The lowest BCUT2D eigenvalue weighted by Crippen LogP contribution is -2.27. The zero-order valence-corrected chi connectivity index (χ0v) is 9.58. The van der Waals surface area contributed by atoms with Crippen molar-refractivity contribution < 1.29 is 9.90 Å². The summed E-state index contributed by atoms with van der Waals surface area (Å²) in [5.74, 6) is -0.356. The second-order valence-corrected chi connectivity index (χ2v) is 3.69. The van der Waals surface area contributed by atoms with Crippen molar-refractivity contribution in [2.75, 3.05) is 11.9 Å². The second-order valence-electron chi connectivity index (χ2n) is 3.69. The molecule has 0 aliphatic heterocycles. The van der Waals surface area contributed by atoms with Crippen molar-refractivity contribution in [3.05, 3.63) is 24.0 Å². The number of nitrogens with zero attached hydrogens (tertiary/aromatic N) is 3. The zero-order valence-electron chi connectivity index (χ0n) is 9.58. The number of carboxylic acid groups (broad SMARTS) is 1. The number of aliphatic carboxylic acids is 1. The number of carboxylic acids is 1. The van der Waals surface area contributed by atoms with Crippen LogP contribution in [0.25, 0.3) is 6.08 Å². The Labute approximate surface area is 94.5 Å². The Morgan fingerprint density at radius 2 is 2.00 bits per heavy atom. The van der Waals surface area contributed by atoms with Crippen LogP contribution < -0.4 is 4.90 Å². The van der Waals surface area contributed by atoms with Gasteiger partial charge in [0.15, 0.2) is 0 Å². The van der Waals surface area contributed by atoms with E-state index in [-0.39, 0.29) is 0 Å². The minimum atomic E-state index is -0.983. The lowest BCUT2D eigenvalue weighted by atomic mass is 10.3. The van der Waals surface area contributed by atoms with Gasteiger partial charge in [0, 0.05) is 37.1 Å². The van der Waals surface area contributed by atoms with Gasteiger partial charge in [0.25, 0.3) is 0 Å². The third-order valence-corrected chi connectivity index (χ3v) is 2.17. The molecule has 0 aromatic carbocycles. The summed E-state index contributed by atoms with van der Waals surface area (Å²) >= 11 is 0. The van der Waals surface area contributed by atoms with Crippen molar-refractivity contribution in [1.82, 2.24) is 9.97 Å². The van der Waals surface area contributed by atoms with Crippen LogP contribution in [0.15, 0.2) is 18.5 Å². The van der Waals surface area contributed by atoms with Crippen LogP contribution in [0, 0.1) is 0 Å². The van der Waals surface area contributed by atoms with Gasteiger partial charge in [-0.25, -0.2) is 14.8 Å².